The molecule has 0 aliphatic heterocycles. The van der Waals surface area contributed by atoms with Crippen LogP contribution in [0, 0.1) is 45.8 Å². The van der Waals surface area contributed by atoms with Crippen LogP contribution in [0.25, 0.3) is 0 Å². The lowest BCUT2D eigenvalue weighted by molar-refractivity contribution is -0.290. The second-order valence-electron chi connectivity index (χ2n) is 14.4. The summed E-state index contributed by atoms with van der Waals surface area (Å²) in [6.07, 6.45) is 6.75. The molecule has 0 saturated heterocycles. The maximum atomic E-state index is 13.6. The Kier molecular flexibility index (Phi) is 7.02. The molecule has 4 aliphatic carbocycles. The fraction of sp³-hybridized carbons (Fsp3) is 1.00. The molecule has 9 atom stereocenters. The Morgan fingerprint density at radius 2 is 1.53 bits per heavy atom. The van der Waals surface area contributed by atoms with E-state index in [2.05, 4.69) is 34.6 Å². The zero-order valence-electron chi connectivity index (χ0n) is 22.2. The summed E-state index contributed by atoms with van der Waals surface area (Å²) in [5, 5.41) is 20.8. The van der Waals surface area contributed by atoms with Gasteiger partial charge in [-0.3, -0.25) is 0 Å². The first kappa shape index (κ1) is 26.8. The summed E-state index contributed by atoms with van der Waals surface area (Å²) < 4.78 is 40.7. The van der Waals surface area contributed by atoms with Gasteiger partial charge in [0, 0.05) is 0 Å². The van der Waals surface area contributed by atoms with Gasteiger partial charge in [0.1, 0.15) is 0 Å². The van der Waals surface area contributed by atoms with Crippen LogP contribution < -0.4 is 0 Å². The van der Waals surface area contributed by atoms with Gasteiger partial charge in [0.25, 0.3) is 0 Å². The van der Waals surface area contributed by atoms with Crippen LogP contribution in [-0.2, 0) is 0 Å². The average molecular weight is 487 g/mol. The van der Waals surface area contributed by atoms with Gasteiger partial charge in [0.15, 0.2) is 5.60 Å². The van der Waals surface area contributed by atoms with E-state index >= 15 is 0 Å². The van der Waals surface area contributed by atoms with Crippen LogP contribution in [0.2, 0.25) is 0 Å². The third-order valence-electron chi connectivity index (χ3n) is 11.7. The molecule has 0 aromatic heterocycles. The van der Waals surface area contributed by atoms with E-state index in [1.165, 1.54) is 32.1 Å². The van der Waals surface area contributed by atoms with Crippen LogP contribution in [0.3, 0.4) is 0 Å². The second kappa shape index (κ2) is 8.92. The number of fused-ring (bicyclic) bond motifs is 5. The maximum Gasteiger partial charge on any atom is 0.417 e. The Hall–Kier alpha value is -0.290. The number of unbranched alkanes of at least 4 members (excludes halogenated alkanes) is 1. The molecule has 0 spiro atoms. The normalized spacial score (nSPS) is 45.9. The topological polar surface area (TPSA) is 40.5 Å². The van der Waals surface area contributed by atoms with Gasteiger partial charge in [-0.25, -0.2) is 0 Å². The van der Waals surface area contributed by atoms with Crippen LogP contribution in [0.4, 0.5) is 13.2 Å². The SMILES string of the molecule is CC(C)(C)[C@@H](O)CCCC[C@@H]1CC[C@H]2[C@@H]3CC[C@H]4C[C@](O)(C(F)(F)F)CC[C@]4(C)[C@H]3CC[C@]12C. The van der Waals surface area contributed by atoms with E-state index in [-0.39, 0.29) is 35.7 Å². The molecule has 5 heteroatoms. The second-order valence-corrected chi connectivity index (χ2v) is 14.4. The number of rotatable bonds is 5. The molecular weight excluding hydrogens is 437 g/mol. The quantitative estimate of drug-likeness (QED) is 0.388. The number of aliphatic hydroxyl groups is 2. The Labute approximate surface area is 205 Å². The van der Waals surface area contributed by atoms with E-state index in [0.29, 0.717) is 29.6 Å². The Morgan fingerprint density at radius 1 is 0.853 bits per heavy atom. The van der Waals surface area contributed by atoms with Gasteiger partial charge >= 0.3 is 6.18 Å². The van der Waals surface area contributed by atoms with Gasteiger partial charge in [-0.2, -0.15) is 13.2 Å². The van der Waals surface area contributed by atoms with E-state index in [1.807, 2.05) is 0 Å². The van der Waals surface area contributed by atoms with Crippen molar-refractivity contribution in [1.29, 1.82) is 0 Å². The highest BCUT2D eigenvalue weighted by Gasteiger charge is 2.64. The number of aliphatic hydroxyl groups excluding tert-OH is 1. The van der Waals surface area contributed by atoms with E-state index < -0.39 is 11.8 Å². The van der Waals surface area contributed by atoms with Crippen LogP contribution >= 0.6 is 0 Å². The fourth-order valence-electron chi connectivity index (χ4n) is 9.25. The highest BCUT2D eigenvalue weighted by Crippen LogP contribution is 2.69. The van der Waals surface area contributed by atoms with Crippen molar-refractivity contribution in [2.75, 3.05) is 0 Å². The molecule has 0 amide bonds. The first-order valence-corrected chi connectivity index (χ1v) is 14.1. The van der Waals surface area contributed by atoms with Crippen LogP contribution in [0.1, 0.15) is 118 Å². The van der Waals surface area contributed by atoms with Crippen molar-refractivity contribution >= 4 is 0 Å². The summed E-state index contributed by atoms with van der Waals surface area (Å²) in [5.41, 5.74) is -2.21. The number of alkyl halides is 3. The summed E-state index contributed by atoms with van der Waals surface area (Å²) in [5.74, 6) is 2.60. The number of hydrogen-bond acceptors (Lipinski definition) is 2. The van der Waals surface area contributed by atoms with Gasteiger partial charge in [0.05, 0.1) is 6.10 Å². The molecule has 0 heterocycles. The molecule has 0 radical (unpaired) electrons. The first-order chi connectivity index (χ1) is 15.6. The molecule has 0 aromatic carbocycles. The predicted molar refractivity (Wildman–Crippen MR) is 130 cm³/mol. The molecule has 4 rings (SSSR count). The van der Waals surface area contributed by atoms with Crippen molar-refractivity contribution in [2.45, 2.75) is 136 Å². The van der Waals surface area contributed by atoms with Crippen molar-refractivity contribution in [3.8, 4) is 0 Å². The van der Waals surface area contributed by atoms with Crippen molar-refractivity contribution < 1.29 is 23.4 Å². The zero-order chi connectivity index (χ0) is 25.2. The van der Waals surface area contributed by atoms with Crippen LogP contribution in [0.5, 0.6) is 0 Å². The lowest BCUT2D eigenvalue weighted by Gasteiger charge is -2.62. The monoisotopic (exact) mass is 486 g/mol. The Morgan fingerprint density at radius 3 is 2.18 bits per heavy atom. The van der Waals surface area contributed by atoms with Crippen LogP contribution in [0.15, 0.2) is 0 Å². The van der Waals surface area contributed by atoms with E-state index in [9.17, 15) is 23.4 Å². The molecule has 2 N–H and O–H groups in total. The van der Waals surface area contributed by atoms with Crippen molar-refractivity contribution in [3.05, 3.63) is 0 Å². The predicted octanol–water partition coefficient (Wildman–Crippen LogP) is 7.91. The van der Waals surface area contributed by atoms with E-state index in [4.69, 9.17) is 0 Å². The molecule has 4 fully saturated rings. The minimum atomic E-state index is -4.52. The largest absolute Gasteiger partial charge is 0.417 e. The third kappa shape index (κ3) is 4.48. The van der Waals surface area contributed by atoms with Gasteiger partial charge in [0.2, 0.25) is 0 Å². The van der Waals surface area contributed by atoms with Gasteiger partial charge in [-0.15, -0.1) is 0 Å². The first-order valence-electron chi connectivity index (χ1n) is 14.1. The van der Waals surface area contributed by atoms with Crippen molar-refractivity contribution in [2.24, 2.45) is 45.8 Å². The Bertz CT molecular complexity index is 730. The number of hydrogen-bond donors (Lipinski definition) is 2. The molecule has 34 heavy (non-hydrogen) atoms. The third-order valence-corrected chi connectivity index (χ3v) is 11.7. The van der Waals surface area contributed by atoms with Crippen molar-refractivity contribution in [3.63, 3.8) is 0 Å². The standard InChI is InChI=1S/C29H49F3O2/c1-25(2,3)24(33)9-7-6-8-19-11-13-22-21-12-10-20-18-28(34,29(30,31)32)17-16-27(20,5)23(21)14-15-26(19,22)4/h19-24,33-34H,6-18H2,1-5H3/t19-,20+,21+,22+,23+,24+,26-,27+,28+/m1/s1. The molecule has 0 unspecified atom stereocenters. The molecule has 2 nitrogen and oxygen atoms in total. The molecule has 4 aliphatic rings. The smallest absolute Gasteiger partial charge is 0.393 e. The van der Waals surface area contributed by atoms with Crippen LogP contribution in [-0.4, -0.2) is 28.1 Å². The lowest BCUT2D eigenvalue weighted by Crippen LogP contribution is -2.59. The fourth-order valence-corrected chi connectivity index (χ4v) is 9.25. The van der Waals surface area contributed by atoms with E-state index in [1.54, 1.807) is 0 Å². The zero-order valence-corrected chi connectivity index (χ0v) is 22.2. The van der Waals surface area contributed by atoms with E-state index in [0.717, 1.165) is 38.0 Å². The molecule has 198 valence electrons. The summed E-state index contributed by atoms with van der Waals surface area (Å²) >= 11 is 0. The van der Waals surface area contributed by atoms with Crippen molar-refractivity contribution in [1.82, 2.24) is 0 Å². The molecule has 0 aromatic rings. The molecular formula is C29H49F3O2. The van der Waals surface area contributed by atoms with Gasteiger partial charge in [-0.1, -0.05) is 47.5 Å². The Balaban J connectivity index is 1.38. The minimum Gasteiger partial charge on any atom is -0.393 e. The summed E-state index contributed by atoms with van der Waals surface area (Å²) in [6.45, 7) is 11.1. The lowest BCUT2D eigenvalue weighted by atomic mass is 9.43. The highest BCUT2D eigenvalue weighted by atomic mass is 19.4. The molecule has 4 saturated carbocycles. The summed E-state index contributed by atoms with van der Waals surface area (Å²) in [4.78, 5) is 0. The number of halogens is 3. The molecule has 0 bridgehead atoms. The summed E-state index contributed by atoms with van der Waals surface area (Å²) in [7, 11) is 0. The van der Waals surface area contributed by atoms with Gasteiger partial charge in [-0.05, 0) is 116 Å². The maximum absolute atomic E-state index is 13.6. The minimum absolute atomic E-state index is 0.00933. The summed E-state index contributed by atoms with van der Waals surface area (Å²) in [6, 6.07) is 0. The highest BCUT2D eigenvalue weighted by molar-refractivity contribution is 5.11. The van der Waals surface area contributed by atoms with Gasteiger partial charge < -0.3 is 10.2 Å². The average Bonchev–Trinajstić information content (AvgIpc) is 3.06.